The van der Waals surface area contributed by atoms with E-state index >= 15 is 0 Å². The van der Waals surface area contributed by atoms with E-state index in [1.54, 1.807) is 0 Å². The van der Waals surface area contributed by atoms with Crippen LogP contribution in [-0.4, -0.2) is 34.7 Å². The van der Waals surface area contributed by atoms with Gasteiger partial charge in [0.05, 0.1) is 11.6 Å². The lowest BCUT2D eigenvalue weighted by atomic mass is 10.2. The Hall–Kier alpha value is -1.92. The predicted molar refractivity (Wildman–Crippen MR) is 67.1 cm³/mol. The van der Waals surface area contributed by atoms with Gasteiger partial charge in [-0.1, -0.05) is 17.7 Å². The molecule has 1 atom stereocenters. The summed E-state index contributed by atoms with van der Waals surface area (Å²) < 4.78 is 12.9. The maximum atomic E-state index is 12.9. The second-order valence-electron chi connectivity index (χ2n) is 3.59. The number of rotatable bonds is 5. The highest BCUT2D eigenvalue weighted by Gasteiger charge is 2.16. The molecule has 1 unspecified atom stereocenters. The lowest BCUT2D eigenvalue weighted by molar-refractivity contribution is -0.142. The molecule has 0 heterocycles. The van der Waals surface area contributed by atoms with Crippen molar-refractivity contribution in [2.24, 2.45) is 0 Å². The summed E-state index contributed by atoms with van der Waals surface area (Å²) in [7, 11) is 0. The van der Waals surface area contributed by atoms with E-state index in [0.717, 1.165) is 12.1 Å². The first-order valence-electron chi connectivity index (χ1n) is 5.21. The Morgan fingerprint density at radius 3 is 2.68 bits per heavy atom. The fraction of sp³-hybridized carbons (Fsp3) is 0.167. The smallest absolute Gasteiger partial charge is 0.328 e. The second-order valence-corrected chi connectivity index (χ2v) is 4.00. The topological polar surface area (TPSA) is 86.6 Å². The van der Waals surface area contributed by atoms with Crippen LogP contribution in [0.5, 0.6) is 0 Å². The minimum absolute atomic E-state index is 0.0821. The molecule has 7 heteroatoms. The van der Waals surface area contributed by atoms with E-state index < -0.39 is 30.3 Å². The zero-order valence-corrected chi connectivity index (χ0v) is 10.4. The number of nitrogens with one attached hydrogen (secondary N) is 1. The summed E-state index contributed by atoms with van der Waals surface area (Å²) in [5.74, 6) is -2.61. The van der Waals surface area contributed by atoms with E-state index in [-0.39, 0.29) is 5.02 Å². The molecule has 1 rings (SSSR count). The summed E-state index contributed by atoms with van der Waals surface area (Å²) in [5.41, 5.74) is 0.484. The normalized spacial score (nSPS) is 12.4. The molecule has 5 nitrogen and oxygen atoms in total. The van der Waals surface area contributed by atoms with E-state index in [4.69, 9.17) is 21.8 Å². The molecule has 3 N–H and O–H groups in total. The molecule has 1 aromatic rings. The van der Waals surface area contributed by atoms with Crippen LogP contribution < -0.4 is 5.32 Å². The molecular formula is C12H11ClFNO4. The standard InChI is InChI=1S/C12H11ClFNO4/c13-8-5-7(1-3-9(8)14)2-4-11(17)15-10(6-16)12(18)19/h1-5,10,16H,6H2,(H,15,17)(H,18,19)/b4-2+. The number of benzene rings is 1. The molecule has 0 fully saturated rings. The zero-order chi connectivity index (χ0) is 14.4. The monoisotopic (exact) mass is 287 g/mol. The van der Waals surface area contributed by atoms with Crippen LogP contribution in [0.25, 0.3) is 6.08 Å². The Kier molecular flexibility index (Phi) is 5.47. The Labute approximate surface area is 113 Å². The SMILES string of the molecule is O=C(/C=C/c1ccc(F)c(Cl)c1)NC(CO)C(=O)O. The highest BCUT2D eigenvalue weighted by molar-refractivity contribution is 6.30. The van der Waals surface area contributed by atoms with Gasteiger partial charge in [0.1, 0.15) is 5.82 Å². The third kappa shape index (κ3) is 4.69. The van der Waals surface area contributed by atoms with Crippen LogP contribution in [-0.2, 0) is 9.59 Å². The average molecular weight is 288 g/mol. The number of carbonyl (C=O) groups excluding carboxylic acids is 1. The number of carboxylic acids is 1. The van der Waals surface area contributed by atoms with Gasteiger partial charge in [-0.25, -0.2) is 9.18 Å². The number of carboxylic acid groups (broad SMARTS) is 1. The minimum atomic E-state index is -1.37. The van der Waals surface area contributed by atoms with Crippen molar-refractivity contribution >= 4 is 29.6 Å². The van der Waals surface area contributed by atoms with E-state index in [1.165, 1.54) is 18.2 Å². The summed E-state index contributed by atoms with van der Waals surface area (Å²) in [5, 5.41) is 19.3. The number of aliphatic carboxylic acids is 1. The summed E-state index contributed by atoms with van der Waals surface area (Å²) in [4.78, 5) is 21.9. The maximum absolute atomic E-state index is 12.9. The number of halogens is 2. The number of aliphatic hydroxyl groups excluding tert-OH is 1. The van der Waals surface area contributed by atoms with Gasteiger partial charge in [-0.05, 0) is 23.8 Å². The summed E-state index contributed by atoms with van der Waals surface area (Å²) in [6, 6.07) is 2.51. The van der Waals surface area contributed by atoms with Gasteiger partial charge in [0.25, 0.3) is 0 Å². The number of hydrogen-bond donors (Lipinski definition) is 3. The highest BCUT2D eigenvalue weighted by Crippen LogP contribution is 2.16. The molecule has 0 bridgehead atoms. The van der Waals surface area contributed by atoms with E-state index in [0.29, 0.717) is 5.56 Å². The van der Waals surface area contributed by atoms with Crippen LogP contribution in [0.3, 0.4) is 0 Å². The van der Waals surface area contributed by atoms with Crippen LogP contribution >= 0.6 is 11.6 Å². The third-order valence-electron chi connectivity index (χ3n) is 2.17. The van der Waals surface area contributed by atoms with Crippen molar-refractivity contribution < 1.29 is 24.2 Å². The first-order valence-corrected chi connectivity index (χ1v) is 5.59. The fourth-order valence-corrected chi connectivity index (χ4v) is 1.38. The molecule has 1 aromatic carbocycles. The number of aliphatic hydroxyl groups is 1. The molecule has 0 aliphatic rings. The molecule has 102 valence electrons. The fourth-order valence-electron chi connectivity index (χ4n) is 1.19. The predicted octanol–water partition coefficient (Wildman–Crippen LogP) is 1.05. The van der Waals surface area contributed by atoms with Crippen molar-refractivity contribution in [1.82, 2.24) is 5.32 Å². The van der Waals surface area contributed by atoms with Gasteiger partial charge < -0.3 is 15.5 Å². The molecule has 0 aliphatic carbocycles. The zero-order valence-electron chi connectivity index (χ0n) is 9.64. The minimum Gasteiger partial charge on any atom is -0.480 e. The number of carbonyl (C=O) groups is 2. The Bertz CT molecular complexity index is 518. The lowest BCUT2D eigenvalue weighted by Gasteiger charge is -2.09. The van der Waals surface area contributed by atoms with Crippen LogP contribution in [0, 0.1) is 5.82 Å². The molecule has 0 radical (unpaired) electrons. The Balaban J connectivity index is 2.68. The van der Waals surface area contributed by atoms with Crippen LogP contribution in [0.2, 0.25) is 5.02 Å². The summed E-state index contributed by atoms with van der Waals surface area (Å²) in [6.07, 6.45) is 2.41. The first kappa shape index (κ1) is 15.1. The molecule has 0 saturated carbocycles. The van der Waals surface area contributed by atoms with Crippen molar-refractivity contribution in [1.29, 1.82) is 0 Å². The molecule has 19 heavy (non-hydrogen) atoms. The van der Waals surface area contributed by atoms with Gasteiger partial charge in [0.15, 0.2) is 6.04 Å². The van der Waals surface area contributed by atoms with E-state index in [1.807, 2.05) is 0 Å². The van der Waals surface area contributed by atoms with Gasteiger partial charge in [-0.3, -0.25) is 4.79 Å². The lowest BCUT2D eigenvalue weighted by Crippen LogP contribution is -2.42. The van der Waals surface area contributed by atoms with Crippen LogP contribution in [0.4, 0.5) is 4.39 Å². The Morgan fingerprint density at radius 1 is 1.47 bits per heavy atom. The first-order chi connectivity index (χ1) is 8.93. The number of hydrogen-bond acceptors (Lipinski definition) is 3. The highest BCUT2D eigenvalue weighted by atomic mass is 35.5. The quantitative estimate of drug-likeness (QED) is 0.707. The van der Waals surface area contributed by atoms with Crippen molar-refractivity contribution in [3.05, 3.63) is 40.7 Å². The van der Waals surface area contributed by atoms with Crippen molar-refractivity contribution in [3.8, 4) is 0 Å². The molecule has 0 saturated heterocycles. The summed E-state index contributed by atoms with van der Waals surface area (Å²) >= 11 is 5.56. The van der Waals surface area contributed by atoms with Crippen LogP contribution in [0.15, 0.2) is 24.3 Å². The summed E-state index contributed by atoms with van der Waals surface area (Å²) in [6.45, 7) is -0.711. The van der Waals surface area contributed by atoms with Gasteiger partial charge >= 0.3 is 5.97 Å². The molecule has 0 aliphatic heterocycles. The third-order valence-corrected chi connectivity index (χ3v) is 2.46. The molecule has 0 spiro atoms. The van der Waals surface area contributed by atoms with E-state index in [9.17, 15) is 14.0 Å². The van der Waals surface area contributed by atoms with Crippen LogP contribution in [0.1, 0.15) is 5.56 Å². The van der Waals surface area contributed by atoms with Gasteiger partial charge in [-0.15, -0.1) is 0 Å². The molecule has 0 aromatic heterocycles. The number of amides is 1. The largest absolute Gasteiger partial charge is 0.480 e. The van der Waals surface area contributed by atoms with Gasteiger partial charge in [-0.2, -0.15) is 0 Å². The van der Waals surface area contributed by atoms with Crippen molar-refractivity contribution in [2.75, 3.05) is 6.61 Å². The molecular weight excluding hydrogens is 277 g/mol. The molecule has 1 amide bonds. The Morgan fingerprint density at radius 2 is 2.16 bits per heavy atom. The van der Waals surface area contributed by atoms with Gasteiger partial charge in [0, 0.05) is 6.08 Å². The van der Waals surface area contributed by atoms with Gasteiger partial charge in [0.2, 0.25) is 5.91 Å². The second kappa shape index (κ2) is 6.86. The van der Waals surface area contributed by atoms with Crippen molar-refractivity contribution in [2.45, 2.75) is 6.04 Å². The maximum Gasteiger partial charge on any atom is 0.328 e. The van der Waals surface area contributed by atoms with Crippen molar-refractivity contribution in [3.63, 3.8) is 0 Å². The van der Waals surface area contributed by atoms with E-state index in [2.05, 4.69) is 5.32 Å². The average Bonchev–Trinajstić information content (AvgIpc) is 2.37.